The topological polar surface area (TPSA) is 35.2 Å². The number of hydrogen-bond acceptors (Lipinski definition) is 2. The summed E-state index contributed by atoms with van der Waals surface area (Å²) >= 11 is 0. The predicted molar refractivity (Wildman–Crippen MR) is 73.4 cm³/mol. The minimum atomic E-state index is 0.214. The number of nitrogens with two attached hydrogens (primary N) is 1. The lowest BCUT2D eigenvalue weighted by Crippen LogP contribution is -2.17. The molecule has 0 aromatic heterocycles. The molecule has 0 spiro atoms. The van der Waals surface area contributed by atoms with Gasteiger partial charge in [0.1, 0.15) is 5.75 Å². The third-order valence-corrected chi connectivity index (χ3v) is 2.80. The van der Waals surface area contributed by atoms with Gasteiger partial charge in [-0.1, -0.05) is 32.4 Å². The number of ether oxygens (including phenoxy) is 1. The first-order valence-electron chi connectivity index (χ1n) is 6.59. The summed E-state index contributed by atoms with van der Waals surface area (Å²) in [7, 11) is 0. The van der Waals surface area contributed by atoms with Crippen LogP contribution in [0.3, 0.4) is 0 Å². The molecule has 1 aromatic rings. The molecule has 2 nitrogen and oxygen atoms in total. The minimum Gasteiger partial charge on any atom is -0.493 e. The van der Waals surface area contributed by atoms with Gasteiger partial charge in [-0.3, -0.25) is 0 Å². The molecule has 2 unspecified atom stereocenters. The molecule has 2 atom stereocenters. The summed E-state index contributed by atoms with van der Waals surface area (Å²) in [5.41, 5.74) is 7.04. The molecule has 17 heavy (non-hydrogen) atoms. The highest BCUT2D eigenvalue weighted by Gasteiger charge is 2.02. The van der Waals surface area contributed by atoms with Crippen LogP contribution in [0.15, 0.2) is 24.3 Å². The summed E-state index contributed by atoms with van der Waals surface area (Å²) in [6.45, 7) is 7.27. The van der Waals surface area contributed by atoms with E-state index in [1.54, 1.807) is 0 Å². The van der Waals surface area contributed by atoms with Gasteiger partial charge in [0.05, 0.1) is 6.61 Å². The molecule has 0 fully saturated rings. The van der Waals surface area contributed by atoms with Crippen LogP contribution in [-0.4, -0.2) is 12.6 Å². The van der Waals surface area contributed by atoms with Crippen molar-refractivity contribution >= 4 is 0 Å². The maximum Gasteiger partial charge on any atom is 0.119 e. The Balaban J connectivity index is 2.40. The quantitative estimate of drug-likeness (QED) is 0.786. The first-order valence-corrected chi connectivity index (χ1v) is 6.59. The molecule has 0 aliphatic heterocycles. The van der Waals surface area contributed by atoms with Crippen LogP contribution in [0.4, 0.5) is 0 Å². The van der Waals surface area contributed by atoms with Crippen molar-refractivity contribution in [1.82, 2.24) is 0 Å². The Labute approximate surface area is 105 Å². The largest absolute Gasteiger partial charge is 0.493 e. The zero-order chi connectivity index (χ0) is 12.7. The van der Waals surface area contributed by atoms with Crippen molar-refractivity contribution in [3.8, 4) is 5.75 Å². The van der Waals surface area contributed by atoms with E-state index in [-0.39, 0.29) is 6.04 Å². The number of benzene rings is 1. The lowest BCUT2D eigenvalue weighted by atomic mass is 10.1. The van der Waals surface area contributed by atoms with Crippen molar-refractivity contribution in [3.63, 3.8) is 0 Å². The fraction of sp³-hybridized carbons (Fsp3) is 0.600. The lowest BCUT2D eigenvalue weighted by Gasteiger charge is -2.12. The molecule has 0 bridgehead atoms. The summed E-state index contributed by atoms with van der Waals surface area (Å²) < 4.78 is 5.75. The highest BCUT2D eigenvalue weighted by molar-refractivity contribution is 5.27. The van der Waals surface area contributed by atoms with Crippen molar-refractivity contribution in [1.29, 1.82) is 0 Å². The first kappa shape index (κ1) is 14.0. The van der Waals surface area contributed by atoms with E-state index in [0.29, 0.717) is 5.92 Å². The Hall–Kier alpha value is -1.02. The predicted octanol–water partition coefficient (Wildman–Crippen LogP) is 3.39. The molecular weight excluding hydrogens is 210 g/mol. The van der Waals surface area contributed by atoms with Gasteiger partial charge in [0.25, 0.3) is 0 Å². The van der Waals surface area contributed by atoms with Gasteiger partial charge in [-0.2, -0.15) is 0 Å². The summed E-state index contributed by atoms with van der Waals surface area (Å²) in [4.78, 5) is 0. The third kappa shape index (κ3) is 5.73. The third-order valence-electron chi connectivity index (χ3n) is 2.80. The fourth-order valence-electron chi connectivity index (χ4n) is 1.91. The van der Waals surface area contributed by atoms with E-state index in [2.05, 4.69) is 26.0 Å². The van der Waals surface area contributed by atoms with Gasteiger partial charge < -0.3 is 10.5 Å². The zero-order valence-electron chi connectivity index (χ0n) is 11.3. The summed E-state index contributed by atoms with van der Waals surface area (Å²) in [5, 5.41) is 0. The Morgan fingerprint density at radius 3 is 2.35 bits per heavy atom. The lowest BCUT2D eigenvalue weighted by molar-refractivity contribution is 0.251. The van der Waals surface area contributed by atoms with Crippen molar-refractivity contribution in [3.05, 3.63) is 29.8 Å². The Bertz CT molecular complexity index is 305. The van der Waals surface area contributed by atoms with E-state index < -0.39 is 0 Å². The van der Waals surface area contributed by atoms with Crippen LogP contribution in [0.25, 0.3) is 0 Å². The van der Waals surface area contributed by atoms with E-state index in [9.17, 15) is 0 Å². The van der Waals surface area contributed by atoms with Gasteiger partial charge in [0.2, 0.25) is 0 Å². The number of rotatable bonds is 7. The first-order chi connectivity index (χ1) is 8.11. The van der Waals surface area contributed by atoms with Gasteiger partial charge in [-0.25, -0.2) is 0 Å². The summed E-state index contributed by atoms with van der Waals surface area (Å²) in [6.07, 6.45) is 3.37. The molecule has 0 heterocycles. The maximum absolute atomic E-state index is 5.76. The van der Waals surface area contributed by atoms with Crippen molar-refractivity contribution in [2.24, 2.45) is 11.7 Å². The molecule has 0 saturated heterocycles. The molecule has 1 aromatic carbocycles. The van der Waals surface area contributed by atoms with Crippen molar-refractivity contribution < 1.29 is 4.74 Å². The van der Waals surface area contributed by atoms with Crippen LogP contribution in [-0.2, 0) is 6.42 Å². The summed E-state index contributed by atoms with van der Waals surface area (Å²) in [6, 6.07) is 8.49. The van der Waals surface area contributed by atoms with Gasteiger partial charge in [-0.05, 0) is 43.4 Å². The highest BCUT2D eigenvalue weighted by atomic mass is 16.5. The molecular formula is C15H25NO. The van der Waals surface area contributed by atoms with Crippen molar-refractivity contribution in [2.45, 2.75) is 46.1 Å². The molecule has 0 amide bonds. The smallest absolute Gasteiger partial charge is 0.119 e. The Kier molecular flexibility index (Phi) is 6.06. The second-order valence-electron chi connectivity index (χ2n) is 5.03. The molecule has 0 aliphatic carbocycles. The monoisotopic (exact) mass is 235 g/mol. The van der Waals surface area contributed by atoms with E-state index in [1.165, 1.54) is 18.4 Å². The fourth-order valence-corrected chi connectivity index (χ4v) is 1.91. The van der Waals surface area contributed by atoms with E-state index in [1.807, 2.05) is 19.1 Å². The maximum atomic E-state index is 5.76. The van der Waals surface area contributed by atoms with Crippen LogP contribution in [0.1, 0.15) is 39.2 Å². The van der Waals surface area contributed by atoms with E-state index >= 15 is 0 Å². The van der Waals surface area contributed by atoms with Crippen LogP contribution < -0.4 is 10.5 Å². The average Bonchev–Trinajstić information content (AvgIpc) is 2.28. The minimum absolute atomic E-state index is 0.214. The highest BCUT2D eigenvalue weighted by Crippen LogP contribution is 2.15. The zero-order valence-corrected chi connectivity index (χ0v) is 11.3. The van der Waals surface area contributed by atoms with E-state index in [0.717, 1.165) is 18.8 Å². The SMILES string of the molecule is CCCC(C)COc1ccc(CC(C)N)cc1. The second-order valence-corrected chi connectivity index (χ2v) is 5.03. The van der Waals surface area contributed by atoms with Crippen LogP contribution in [0.2, 0.25) is 0 Å². The van der Waals surface area contributed by atoms with Crippen LogP contribution >= 0.6 is 0 Å². The van der Waals surface area contributed by atoms with Gasteiger partial charge in [0.15, 0.2) is 0 Å². The van der Waals surface area contributed by atoms with Crippen LogP contribution in [0, 0.1) is 5.92 Å². The molecule has 96 valence electrons. The summed E-state index contributed by atoms with van der Waals surface area (Å²) in [5.74, 6) is 1.59. The molecule has 0 radical (unpaired) electrons. The van der Waals surface area contributed by atoms with E-state index in [4.69, 9.17) is 10.5 Å². The molecule has 2 N–H and O–H groups in total. The van der Waals surface area contributed by atoms with Crippen molar-refractivity contribution in [2.75, 3.05) is 6.61 Å². The molecule has 0 saturated carbocycles. The second kappa shape index (κ2) is 7.33. The molecule has 0 aliphatic rings. The van der Waals surface area contributed by atoms with Crippen LogP contribution in [0.5, 0.6) is 5.75 Å². The molecule has 1 rings (SSSR count). The average molecular weight is 235 g/mol. The Morgan fingerprint density at radius 2 is 1.82 bits per heavy atom. The number of hydrogen-bond donors (Lipinski definition) is 1. The van der Waals surface area contributed by atoms with Gasteiger partial charge >= 0.3 is 0 Å². The van der Waals surface area contributed by atoms with Gasteiger partial charge in [0, 0.05) is 6.04 Å². The normalized spacial score (nSPS) is 14.4. The standard InChI is InChI=1S/C15H25NO/c1-4-5-12(2)11-17-15-8-6-14(7-9-15)10-13(3)16/h6-9,12-13H,4-5,10-11,16H2,1-3H3. The van der Waals surface area contributed by atoms with Gasteiger partial charge in [-0.15, -0.1) is 0 Å². The molecule has 2 heteroatoms. The Morgan fingerprint density at radius 1 is 1.18 bits per heavy atom.